The van der Waals surface area contributed by atoms with Crippen molar-refractivity contribution < 1.29 is 23.5 Å². The smallest absolute Gasteiger partial charge is 0.352 e. The fourth-order valence-electron chi connectivity index (χ4n) is 1.80. The first-order valence-electron chi connectivity index (χ1n) is 5.40. The largest absolute Gasteiger partial charge is 0.477 e. The van der Waals surface area contributed by atoms with Gasteiger partial charge in [0.05, 0.1) is 5.56 Å². The number of aromatic carboxylic acids is 1. The lowest BCUT2D eigenvalue weighted by Gasteiger charge is -2.03. The number of aryl methyl sites for hydroxylation is 1. The third-order valence-electron chi connectivity index (χ3n) is 2.72. The minimum absolute atomic E-state index is 0.0926. The molecule has 0 aliphatic rings. The van der Waals surface area contributed by atoms with E-state index >= 15 is 0 Å². The van der Waals surface area contributed by atoms with Crippen molar-refractivity contribution in [3.63, 3.8) is 0 Å². The summed E-state index contributed by atoms with van der Waals surface area (Å²) in [5, 5.41) is 8.89. The molecule has 1 aromatic heterocycles. The van der Waals surface area contributed by atoms with Crippen molar-refractivity contribution in [2.75, 3.05) is 0 Å². The molecular formula is C13H8BrF2NO3. The highest BCUT2D eigenvalue weighted by Crippen LogP contribution is 2.23. The highest BCUT2D eigenvalue weighted by molar-refractivity contribution is 9.10. The molecule has 4 nitrogen and oxygen atoms in total. The molecule has 0 saturated heterocycles. The van der Waals surface area contributed by atoms with Crippen LogP contribution in [0.25, 0.3) is 0 Å². The Hall–Kier alpha value is -2.02. The van der Waals surface area contributed by atoms with E-state index in [1.807, 2.05) is 0 Å². The van der Waals surface area contributed by atoms with Crippen molar-refractivity contribution in [3.05, 3.63) is 57.3 Å². The SMILES string of the molecule is Cn1cc(C(=O)c2c(F)cc(Br)cc2F)cc1C(=O)O. The average Bonchev–Trinajstić information content (AvgIpc) is 2.69. The van der Waals surface area contributed by atoms with E-state index in [2.05, 4.69) is 15.9 Å². The predicted octanol–water partition coefficient (Wildman–Crippen LogP) is 3.00. The molecule has 0 bridgehead atoms. The fourth-order valence-corrected chi connectivity index (χ4v) is 2.21. The van der Waals surface area contributed by atoms with E-state index in [9.17, 15) is 18.4 Å². The van der Waals surface area contributed by atoms with Gasteiger partial charge in [0.2, 0.25) is 0 Å². The van der Waals surface area contributed by atoms with Crippen LogP contribution in [-0.2, 0) is 7.05 Å². The van der Waals surface area contributed by atoms with E-state index in [0.29, 0.717) is 0 Å². The van der Waals surface area contributed by atoms with Crippen molar-refractivity contribution >= 4 is 27.7 Å². The maximum Gasteiger partial charge on any atom is 0.352 e. The maximum atomic E-state index is 13.7. The van der Waals surface area contributed by atoms with Crippen molar-refractivity contribution in [2.24, 2.45) is 7.05 Å². The van der Waals surface area contributed by atoms with Crippen LogP contribution in [0.2, 0.25) is 0 Å². The molecule has 0 unspecified atom stereocenters. The summed E-state index contributed by atoms with van der Waals surface area (Å²) in [6.07, 6.45) is 1.21. The Labute approximate surface area is 120 Å². The highest BCUT2D eigenvalue weighted by Gasteiger charge is 2.22. The van der Waals surface area contributed by atoms with Crippen molar-refractivity contribution in [2.45, 2.75) is 0 Å². The molecule has 0 spiro atoms. The minimum atomic E-state index is -1.23. The van der Waals surface area contributed by atoms with E-state index in [4.69, 9.17) is 5.11 Å². The number of halogens is 3. The van der Waals surface area contributed by atoms with Crippen LogP contribution in [0.1, 0.15) is 26.4 Å². The summed E-state index contributed by atoms with van der Waals surface area (Å²) in [6.45, 7) is 0. The van der Waals surface area contributed by atoms with Gasteiger partial charge in [0.1, 0.15) is 17.3 Å². The number of carbonyl (C=O) groups excluding carboxylic acids is 1. The van der Waals surface area contributed by atoms with Crippen LogP contribution in [0.15, 0.2) is 28.9 Å². The van der Waals surface area contributed by atoms with Crippen LogP contribution in [0.5, 0.6) is 0 Å². The Morgan fingerprint density at radius 3 is 2.20 bits per heavy atom. The molecule has 1 aromatic carbocycles. The lowest BCUT2D eigenvalue weighted by molar-refractivity contribution is 0.0686. The number of carbonyl (C=O) groups is 2. The Morgan fingerprint density at radius 2 is 1.75 bits per heavy atom. The molecule has 0 aliphatic carbocycles. The number of nitrogens with zero attached hydrogens (tertiary/aromatic N) is 1. The summed E-state index contributed by atoms with van der Waals surface area (Å²) < 4.78 is 28.8. The maximum absolute atomic E-state index is 13.7. The topological polar surface area (TPSA) is 59.3 Å². The van der Waals surface area contributed by atoms with Gasteiger partial charge in [0.25, 0.3) is 0 Å². The summed E-state index contributed by atoms with van der Waals surface area (Å²) in [5.41, 5.74) is -0.952. The third-order valence-corrected chi connectivity index (χ3v) is 3.18. The molecule has 0 radical (unpaired) electrons. The summed E-state index contributed by atoms with van der Waals surface area (Å²) in [7, 11) is 1.43. The van der Waals surface area contributed by atoms with Gasteiger partial charge >= 0.3 is 5.97 Å². The van der Waals surface area contributed by atoms with Gasteiger partial charge < -0.3 is 9.67 Å². The molecule has 0 saturated carbocycles. The van der Waals surface area contributed by atoms with Gasteiger partial charge in [-0.2, -0.15) is 0 Å². The first kappa shape index (κ1) is 14.4. The molecule has 2 rings (SSSR count). The van der Waals surface area contributed by atoms with Crippen molar-refractivity contribution in [1.82, 2.24) is 4.57 Å². The Bertz CT molecular complexity index is 701. The zero-order valence-corrected chi connectivity index (χ0v) is 11.7. The summed E-state index contributed by atoms with van der Waals surface area (Å²) in [5.74, 6) is -4.16. The second-order valence-electron chi connectivity index (χ2n) is 4.10. The summed E-state index contributed by atoms with van der Waals surface area (Å²) in [6, 6.07) is 3.01. The Morgan fingerprint density at radius 1 is 1.20 bits per heavy atom. The van der Waals surface area contributed by atoms with E-state index in [-0.39, 0.29) is 15.7 Å². The lowest BCUT2D eigenvalue weighted by Crippen LogP contribution is -2.07. The van der Waals surface area contributed by atoms with Crippen LogP contribution >= 0.6 is 15.9 Å². The van der Waals surface area contributed by atoms with Gasteiger partial charge in [-0.1, -0.05) is 15.9 Å². The van der Waals surface area contributed by atoms with Crippen molar-refractivity contribution in [3.8, 4) is 0 Å². The third kappa shape index (κ3) is 2.49. The van der Waals surface area contributed by atoms with E-state index in [1.54, 1.807) is 0 Å². The molecule has 0 amide bonds. The monoisotopic (exact) mass is 343 g/mol. The Balaban J connectivity index is 2.52. The van der Waals surface area contributed by atoms with Gasteiger partial charge in [-0.3, -0.25) is 4.79 Å². The molecule has 0 atom stereocenters. The zero-order chi connectivity index (χ0) is 15.0. The van der Waals surface area contributed by atoms with Gasteiger partial charge in [0.15, 0.2) is 5.78 Å². The quantitative estimate of drug-likeness (QED) is 0.871. The molecule has 0 fully saturated rings. The number of carboxylic acid groups (broad SMARTS) is 1. The van der Waals surface area contributed by atoms with Crippen LogP contribution in [0, 0.1) is 11.6 Å². The second kappa shape index (κ2) is 5.16. The number of hydrogen-bond donors (Lipinski definition) is 1. The summed E-state index contributed by atoms with van der Waals surface area (Å²) >= 11 is 2.91. The fraction of sp³-hybridized carbons (Fsp3) is 0.0769. The van der Waals surface area contributed by atoms with Crippen LogP contribution in [0.4, 0.5) is 8.78 Å². The van der Waals surface area contributed by atoms with E-state index < -0.39 is 29.0 Å². The minimum Gasteiger partial charge on any atom is -0.477 e. The predicted molar refractivity (Wildman–Crippen MR) is 69.9 cm³/mol. The number of aromatic nitrogens is 1. The van der Waals surface area contributed by atoms with Gasteiger partial charge in [-0.05, 0) is 18.2 Å². The number of hydrogen-bond acceptors (Lipinski definition) is 2. The lowest BCUT2D eigenvalue weighted by atomic mass is 10.0. The number of rotatable bonds is 3. The Kier molecular flexibility index (Phi) is 3.71. The molecule has 20 heavy (non-hydrogen) atoms. The van der Waals surface area contributed by atoms with Crippen LogP contribution in [-0.4, -0.2) is 21.4 Å². The van der Waals surface area contributed by atoms with Crippen molar-refractivity contribution in [1.29, 1.82) is 0 Å². The number of ketones is 1. The molecule has 2 aromatic rings. The van der Waals surface area contributed by atoms with Gasteiger partial charge in [-0.15, -0.1) is 0 Å². The summed E-state index contributed by atoms with van der Waals surface area (Å²) in [4.78, 5) is 23.0. The molecular weight excluding hydrogens is 336 g/mol. The standard InChI is InChI=1S/C13H8BrF2NO3/c1-17-5-6(2-10(17)13(19)20)12(18)11-8(15)3-7(14)4-9(11)16/h2-5H,1H3,(H,19,20). The first-order valence-corrected chi connectivity index (χ1v) is 6.19. The van der Waals surface area contributed by atoms with Crippen LogP contribution < -0.4 is 0 Å². The number of benzene rings is 1. The van der Waals surface area contributed by atoms with E-state index in [1.165, 1.54) is 17.8 Å². The molecule has 1 heterocycles. The highest BCUT2D eigenvalue weighted by atomic mass is 79.9. The average molecular weight is 344 g/mol. The van der Waals surface area contributed by atoms with Gasteiger partial charge in [-0.25, -0.2) is 13.6 Å². The van der Waals surface area contributed by atoms with Crippen LogP contribution in [0.3, 0.4) is 0 Å². The second-order valence-corrected chi connectivity index (χ2v) is 5.02. The molecule has 7 heteroatoms. The molecule has 104 valence electrons. The zero-order valence-electron chi connectivity index (χ0n) is 10.2. The first-order chi connectivity index (χ1) is 9.31. The molecule has 1 N–H and O–H groups in total. The van der Waals surface area contributed by atoms with E-state index in [0.717, 1.165) is 18.2 Å². The van der Waals surface area contributed by atoms with Gasteiger partial charge in [0, 0.05) is 23.3 Å². The number of carboxylic acids is 1. The normalized spacial score (nSPS) is 10.6. The molecule has 0 aliphatic heterocycles.